The second kappa shape index (κ2) is 7.38. The van der Waals surface area contributed by atoms with E-state index in [1.54, 1.807) is 0 Å². The van der Waals surface area contributed by atoms with Crippen LogP contribution < -0.4 is 10.6 Å². The van der Waals surface area contributed by atoms with Crippen LogP contribution in [0.4, 0.5) is 0 Å². The first-order valence-corrected chi connectivity index (χ1v) is 8.00. The molecule has 2 aliphatic heterocycles. The average Bonchev–Trinajstić information content (AvgIpc) is 2.46. The summed E-state index contributed by atoms with van der Waals surface area (Å²) in [7, 11) is 2.18. The third-order valence-electron chi connectivity index (χ3n) is 4.79. The zero-order chi connectivity index (χ0) is 14.4. The molecule has 0 radical (unpaired) electrons. The number of rotatable bonds is 5. The molecule has 2 N–H and O–H groups in total. The van der Waals surface area contributed by atoms with Crippen LogP contribution in [0.25, 0.3) is 0 Å². The Morgan fingerprint density at radius 2 is 1.85 bits per heavy atom. The molecule has 0 saturated carbocycles. The minimum absolute atomic E-state index is 0.154. The van der Waals surface area contributed by atoms with Gasteiger partial charge in [0.05, 0.1) is 0 Å². The SMILES string of the molecule is CN1CCN(CCCNC(=O)C2(C)CCNCC2)CC1. The molecule has 2 rings (SSSR count). The van der Waals surface area contributed by atoms with Gasteiger partial charge >= 0.3 is 0 Å². The molecule has 0 aromatic heterocycles. The molecule has 2 heterocycles. The predicted octanol–water partition coefficient (Wildman–Crippen LogP) is 0.130. The van der Waals surface area contributed by atoms with Gasteiger partial charge in [0.25, 0.3) is 0 Å². The molecule has 20 heavy (non-hydrogen) atoms. The van der Waals surface area contributed by atoms with Crippen LogP contribution in [0.1, 0.15) is 26.2 Å². The van der Waals surface area contributed by atoms with Crippen molar-refractivity contribution in [2.75, 3.05) is 59.4 Å². The summed E-state index contributed by atoms with van der Waals surface area (Å²) >= 11 is 0. The standard InChI is InChI=1S/C15H30N4O/c1-15(4-7-16-8-5-15)14(20)17-6-3-9-19-12-10-18(2)11-13-19/h16H,3-13H2,1-2H3,(H,17,20). The van der Waals surface area contributed by atoms with Crippen molar-refractivity contribution < 1.29 is 4.79 Å². The van der Waals surface area contributed by atoms with Crippen molar-refractivity contribution in [1.29, 1.82) is 0 Å². The summed E-state index contributed by atoms with van der Waals surface area (Å²) in [5.74, 6) is 0.248. The highest BCUT2D eigenvalue weighted by molar-refractivity contribution is 5.82. The molecule has 0 bridgehead atoms. The smallest absolute Gasteiger partial charge is 0.226 e. The summed E-state index contributed by atoms with van der Waals surface area (Å²) in [6.07, 6.45) is 2.97. The minimum Gasteiger partial charge on any atom is -0.356 e. The van der Waals surface area contributed by atoms with Gasteiger partial charge in [-0.2, -0.15) is 0 Å². The molecular weight excluding hydrogens is 252 g/mol. The summed E-state index contributed by atoms with van der Waals surface area (Å²) in [6, 6.07) is 0. The Balaban J connectivity index is 1.59. The Kier molecular flexibility index (Phi) is 5.81. The van der Waals surface area contributed by atoms with Crippen molar-refractivity contribution in [2.24, 2.45) is 5.41 Å². The van der Waals surface area contributed by atoms with E-state index in [-0.39, 0.29) is 11.3 Å². The van der Waals surface area contributed by atoms with Gasteiger partial charge in [0.2, 0.25) is 5.91 Å². The van der Waals surface area contributed by atoms with Crippen molar-refractivity contribution in [1.82, 2.24) is 20.4 Å². The fraction of sp³-hybridized carbons (Fsp3) is 0.933. The van der Waals surface area contributed by atoms with Crippen molar-refractivity contribution in [3.63, 3.8) is 0 Å². The van der Waals surface area contributed by atoms with E-state index in [0.29, 0.717) is 0 Å². The van der Waals surface area contributed by atoms with Crippen molar-refractivity contribution in [3.8, 4) is 0 Å². The summed E-state index contributed by atoms with van der Waals surface area (Å²) < 4.78 is 0. The molecule has 2 saturated heterocycles. The van der Waals surface area contributed by atoms with Crippen LogP contribution in [0.5, 0.6) is 0 Å². The van der Waals surface area contributed by atoms with Crippen molar-refractivity contribution in [2.45, 2.75) is 26.2 Å². The van der Waals surface area contributed by atoms with Crippen LogP contribution in [0.2, 0.25) is 0 Å². The van der Waals surface area contributed by atoms with Crippen LogP contribution in [-0.4, -0.2) is 75.1 Å². The first-order valence-electron chi connectivity index (χ1n) is 8.00. The Morgan fingerprint density at radius 3 is 2.50 bits per heavy atom. The van der Waals surface area contributed by atoms with E-state index < -0.39 is 0 Å². The lowest BCUT2D eigenvalue weighted by atomic mass is 9.80. The van der Waals surface area contributed by atoms with E-state index in [9.17, 15) is 4.79 Å². The number of piperazine rings is 1. The van der Waals surface area contributed by atoms with Gasteiger partial charge in [-0.05, 0) is 45.9 Å². The molecule has 0 atom stereocenters. The molecule has 0 aromatic rings. The molecule has 5 heteroatoms. The van der Waals surface area contributed by atoms with Gasteiger partial charge in [-0.1, -0.05) is 6.92 Å². The van der Waals surface area contributed by atoms with Crippen molar-refractivity contribution >= 4 is 5.91 Å². The Bertz CT molecular complexity index is 307. The van der Waals surface area contributed by atoms with Gasteiger partial charge in [-0.3, -0.25) is 4.79 Å². The maximum atomic E-state index is 12.3. The fourth-order valence-corrected chi connectivity index (χ4v) is 3.00. The molecule has 2 fully saturated rings. The third kappa shape index (κ3) is 4.43. The van der Waals surface area contributed by atoms with E-state index in [0.717, 1.165) is 71.6 Å². The highest BCUT2D eigenvalue weighted by atomic mass is 16.2. The largest absolute Gasteiger partial charge is 0.356 e. The van der Waals surface area contributed by atoms with Crippen LogP contribution in [-0.2, 0) is 4.79 Å². The van der Waals surface area contributed by atoms with Gasteiger partial charge in [-0.25, -0.2) is 0 Å². The summed E-state index contributed by atoms with van der Waals surface area (Å²) in [5, 5.41) is 6.46. The fourth-order valence-electron chi connectivity index (χ4n) is 3.00. The number of carbonyl (C=O) groups is 1. The van der Waals surface area contributed by atoms with Crippen LogP contribution in [0.3, 0.4) is 0 Å². The van der Waals surface area contributed by atoms with E-state index in [1.165, 1.54) is 0 Å². The monoisotopic (exact) mass is 282 g/mol. The number of hydrogen-bond acceptors (Lipinski definition) is 4. The maximum absolute atomic E-state index is 12.3. The van der Waals surface area contributed by atoms with Crippen molar-refractivity contribution in [3.05, 3.63) is 0 Å². The molecule has 2 aliphatic rings. The second-order valence-electron chi connectivity index (χ2n) is 6.57. The Labute approximate surface area is 123 Å². The van der Waals surface area contributed by atoms with Gasteiger partial charge in [0, 0.05) is 38.1 Å². The second-order valence-corrected chi connectivity index (χ2v) is 6.57. The zero-order valence-electron chi connectivity index (χ0n) is 13.1. The summed E-state index contributed by atoms with van der Waals surface area (Å²) in [6.45, 7) is 10.6. The Morgan fingerprint density at radius 1 is 1.20 bits per heavy atom. The summed E-state index contributed by atoms with van der Waals surface area (Å²) in [4.78, 5) is 17.1. The number of nitrogens with zero attached hydrogens (tertiary/aromatic N) is 2. The van der Waals surface area contributed by atoms with Crippen LogP contribution >= 0.6 is 0 Å². The average molecular weight is 282 g/mol. The molecular formula is C15H30N4O. The third-order valence-corrected chi connectivity index (χ3v) is 4.79. The highest BCUT2D eigenvalue weighted by Crippen LogP contribution is 2.27. The molecule has 0 aromatic carbocycles. The van der Waals surface area contributed by atoms with Gasteiger partial charge in [0.15, 0.2) is 0 Å². The number of hydrogen-bond donors (Lipinski definition) is 2. The number of likely N-dealkylation sites (N-methyl/N-ethyl adjacent to an activating group) is 1. The lowest BCUT2D eigenvalue weighted by Crippen LogP contribution is -2.47. The topological polar surface area (TPSA) is 47.6 Å². The number of carbonyl (C=O) groups excluding carboxylic acids is 1. The van der Waals surface area contributed by atoms with E-state index >= 15 is 0 Å². The lowest BCUT2D eigenvalue weighted by Gasteiger charge is -2.33. The minimum atomic E-state index is -0.154. The first kappa shape index (κ1) is 15.7. The van der Waals surface area contributed by atoms with Crippen LogP contribution in [0.15, 0.2) is 0 Å². The lowest BCUT2D eigenvalue weighted by molar-refractivity contribution is -0.131. The molecule has 5 nitrogen and oxygen atoms in total. The van der Waals surface area contributed by atoms with Gasteiger partial charge in [0.1, 0.15) is 0 Å². The predicted molar refractivity (Wildman–Crippen MR) is 81.8 cm³/mol. The molecule has 116 valence electrons. The van der Waals surface area contributed by atoms with E-state index in [1.807, 2.05) is 0 Å². The Hall–Kier alpha value is -0.650. The molecule has 1 amide bonds. The summed E-state index contributed by atoms with van der Waals surface area (Å²) in [5.41, 5.74) is -0.154. The normalized spacial score (nSPS) is 24.5. The van der Waals surface area contributed by atoms with E-state index in [2.05, 4.69) is 34.4 Å². The van der Waals surface area contributed by atoms with Gasteiger partial charge in [-0.15, -0.1) is 0 Å². The van der Waals surface area contributed by atoms with Crippen LogP contribution in [0, 0.1) is 5.41 Å². The number of amides is 1. The van der Waals surface area contributed by atoms with E-state index in [4.69, 9.17) is 0 Å². The quantitative estimate of drug-likeness (QED) is 0.704. The molecule has 0 aliphatic carbocycles. The maximum Gasteiger partial charge on any atom is 0.226 e. The molecule has 0 spiro atoms. The first-order chi connectivity index (χ1) is 9.60. The highest BCUT2D eigenvalue weighted by Gasteiger charge is 2.34. The zero-order valence-corrected chi connectivity index (χ0v) is 13.1. The molecule has 0 unspecified atom stereocenters. The number of piperidine rings is 1. The van der Waals surface area contributed by atoms with Gasteiger partial charge < -0.3 is 20.4 Å². The number of nitrogens with one attached hydrogen (secondary N) is 2.